The Morgan fingerprint density at radius 3 is 2.48 bits per heavy atom. The number of aromatic hydroxyl groups is 1. The molecule has 116 valence electrons. The SMILES string of the molecule is CCC(C)C(NC(=O)CSc1ccc(O)cc1)C(=O)OC. The van der Waals surface area contributed by atoms with Gasteiger partial charge in [0.1, 0.15) is 11.8 Å². The first-order chi connectivity index (χ1) is 9.97. The summed E-state index contributed by atoms with van der Waals surface area (Å²) in [6.45, 7) is 3.85. The van der Waals surface area contributed by atoms with E-state index in [1.807, 2.05) is 13.8 Å². The van der Waals surface area contributed by atoms with E-state index in [4.69, 9.17) is 4.74 Å². The number of benzene rings is 1. The average molecular weight is 311 g/mol. The van der Waals surface area contributed by atoms with Gasteiger partial charge < -0.3 is 15.2 Å². The van der Waals surface area contributed by atoms with Crippen molar-refractivity contribution in [2.24, 2.45) is 5.92 Å². The first kappa shape index (κ1) is 17.4. The highest BCUT2D eigenvalue weighted by Gasteiger charge is 2.26. The van der Waals surface area contributed by atoms with E-state index in [1.54, 1.807) is 24.3 Å². The molecule has 1 rings (SSSR count). The van der Waals surface area contributed by atoms with Crippen molar-refractivity contribution < 1.29 is 19.4 Å². The second-order valence-electron chi connectivity index (χ2n) is 4.74. The lowest BCUT2D eigenvalue weighted by atomic mass is 9.99. The second kappa shape index (κ2) is 8.56. The van der Waals surface area contributed by atoms with Gasteiger partial charge in [0.25, 0.3) is 0 Å². The van der Waals surface area contributed by atoms with E-state index in [0.717, 1.165) is 11.3 Å². The van der Waals surface area contributed by atoms with Gasteiger partial charge in [0.15, 0.2) is 0 Å². The van der Waals surface area contributed by atoms with Crippen LogP contribution in [0.15, 0.2) is 29.2 Å². The Bertz CT molecular complexity index is 475. The Labute approximate surface area is 129 Å². The molecule has 0 saturated carbocycles. The van der Waals surface area contributed by atoms with Crippen LogP contribution in [0.3, 0.4) is 0 Å². The molecule has 0 heterocycles. The van der Waals surface area contributed by atoms with Crippen molar-refractivity contribution in [3.8, 4) is 5.75 Å². The van der Waals surface area contributed by atoms with E-state index < -0.39 is 12.0 Å². The fourth-order valence-electron chi connectivity index (χ4n) is 1.70. The molecule has 1 aromatic rings. The lowest BCUT2D eigenvalue weighted by Gasteiger charge is -2.21. The molecular formula is C15H21NO4S. The van der Waals surface area contributed by atoms with E-state index >= 15 is 0 Å². The van der Waals surface area contributed by atoms with Crippen LogP contribution in [0.4, 0.5) is 0 Å². The Hall–Kier alpha value is -1.69. The van der Waals surface area contributed by atoms with Gasteiger partial charge in [-0.15, -0.1) is 11.8 Å². The van der Waals surface area contributed by atoms with E-state index in [1.165, 1.54) is 18.9 Å². The van der Waals surface area contributed by atoms with Crippen molar-refractivity contribution >= 4 is 23.6 Å². The molecule has 0 fully saturated rings. The summed E-state index contributed by atoms with van der Waals surface area (Å²) >= 11 is 1.34. The van der Waals surface area contributed by atoms with Crippen LogP contribution < -0.4 is 5.32 Å². The number of carbonyl (C=O) groups is 2. The molecule has 0 radical (unpaired) electrons. The number of hydrogen-bond donors (Lipinski definition) is 2. The third-order valence-corrected chi connectivity index (χ3v) is 4.20. The minimum atomic E-state index is -0.618. The number of carbonyl (C=O) groups excluding carboxylic acids is 2. The summed E-state index contributed by atoms with van der Waals surface area (Å²) in [5.41, 5.74) is 0. The van der Waals surface area contributed by atoms with Crippen LogP contribution in [0, 0.1) is 5.92 Å². The van der Waals surface area contributed by atoms with Gasteiger partial charge in [0, 0.05) is 4.90 Å². The molecular weight excluding hydrogens is 290 g/mol. The number of esters is 1. The number of phenols is 1. The molecule has 1 aromatic carbocycles. The lowest BCUT2D eigenvalue weighted by molar-refractivity contribution is -0.146. The monoisotopic (exact) mass is 311 g/mol. The van der Waals surface area contributed by atoms with Crippen molar-refractivity contribution in [3.05, 3.63) is 24.3 Å². The maximum Gasteiger partial charge on any atom is 0.328 e. The zero-order valence-corrected chi connectivity index (χ0v) is 13.3. The summed E-state index contributed by atoms with van der Waals surface area (Å²) in [6.07, 6.45) is 0.769. The molecule has 5 nitrogen and oxygen atoms in total. The highest BCUT2D eigenvalue weighted by molar-refractivity contribution is 8.00. The molecule has 1 amide bonds. The summed E-state index contributed by atoms with van der Waals surface area (Å²) in [5, 5.41) is 11.9. The highest BCUT2D eigenvalue weighted by atomic mass is 32.2. The topological polar surface area (TPSA) is 75.6 Å². The molecule has 2 atom stereocenters. The zero-order chi connectivity index (χ0) is 15.8. The Morgan fingerprint density at radius 1 is 1.33 bits per heavy atom. The van der Waals surface area contributed by atoms with Crippen LogP contribution in [0.1, 0.15) is 20.3 Å². The molecule has 0 aromatic heterocycles. The second-order valence-corrected chi connectivity index (χ2v) is 5.79. The lowest BCUT2D eigenvalue weighted by Crippen LogP contribution is -2.46. The van der Waals surface area contributed by atoms with Crippen LogP contribution in [0.25, 0.3) is 0 Å². The molecule has 0 aliphatic rings. The molecule has 2 N–H and O–H groups in total. The molecule has 0 aliphatic carbocycles. The van der Waals surface area contributed by atoms with E-state index in [-0.39, 0.29) is 23.3 Å². The maximum atomic E-state index is 11.9. The summed E-state index contributed by atoms with van der Waals surface area (Å²) < 4.78 is 4.72. The van der Waals surface area contributed by atoms with Gasteiger partial charge in [-0.2, -0.15) is 0 Å². The Balaban J connectivity index is 2.53. The van der Waals surface area contributed by atoms with Crippen LogP contribution in [-0.2, 0) is 14.3 Å². The van der Waals surface area contributed by atoms with Crippen molar-refractivity contribution in [2.75, 3.05) is 12.9 Å². The number of amides is 1. The predicted molar refractivity (Wildman–Crippen MR) is 82.2 cm³/mol. The predicted octanol–water partition coefficient (Wildman–Crippen LogP) is 2.19. The summed E-state index contributed by atoms with van der Waals surface area (Å²) in [7, 11) is 1.31. The molecule has 0 bridgehead atoms. The highest BCUT2D eigenvalue weighted by Crippen LogP contribution is 2.20. The number of methoxy groups -OCH3 is 1. The number of nitrogens with one attached hydrogen (secondary N) is 1. The molecule has 0 saturated heterocycles. The fraction of sp³-hybridized carbons (Fsp3) is 0.467. The third kappa shape index (κ3) is 5.67. The van der Waals surface area contributed by atoms with Gasteiger partial charge >= 0.3 is 5.97 Å². The minimum Gasteiger partial charge on any atom is -0.508 e. The summed E-state index contributed by atoms with van der Waals surface area (Å²) in [6, 6.07) is 5.99. The first-order valence-corrected chi connectivity index (χ1v) is 7.75. The fourth-order valence-corrected chi connectivity index (χ4v) is 2.41. The van der Waals surface area contributed by atoms with E-state index in [9.17, 15) is 14.7 Å². The van der Waals surface area contributed by atoms with Crippen LogP contribution in [0.5, 0.6) is 5.75 Å². The minimum absolute atomic E-state index is 0.0140. The third-order valence-electron chi connectivity index (χ3n) is 3.19. The van der Waals surface area contributed by atoms with Crippen molar-refractivity contribution in [3.63, 3.8) is 0 Å². The van der Waals surface area contributed by atoms with E-state index in [2.05, 4.69) is 5.32 Å². The number of thioether (sulfide) groups is 1. The van der Waals surface area contributed by atoms with Crippen molar-refractivity contribution in [2.45, 2.75) is 31.2 Å². The quantitative estimate of drug-likeness (QED) is 0.596. The van der Waals surface area contributed by atoms with Crippen LogP contribution >= 0.6 is 11.8 Å². The first-order valence-electron chi connectivity index (χ1n) is 6.77. The van der Waals surface area contributed by atoms with Gasteiger partial charge in [-0.25, -0.2) is 4.79 Å². The number of ether oxygens (including phenoxy) is 1. The van der Waals surface area contributed by atoms with Crippen molar-refractivity contribution in [1.29, 1.82) is 0 Å². The largest absolute Gasteiger partial charge is 0.508 e. The summed E-state index contributed by atoms with van der Waals surface area (Å²) in [4.78, 5) is 24.5. The maximum absolute atomic E-state index is 11.9. The zero-order valence-electron chi connectivity index (χ0n) is 12.5. The van der Waals surface area contributed by atoms with Crippen LogP contribution in [0.2, 0.25) is 0 Å². The van der Waals surface area contributed by atoms with Crippen LogP contribution in [-0.4, -0.2) is 35.9 Å². The molecule has 6 heteroatoms. The summed E-state index contributed by atoms with van der Waals surface area (Å²) in [5.74, 6) is -0.239. The van der Waals surface area contributed by atoms with E-state index in [0.29, 0.717) is 0 Å². The number of hydrogen-bond acceptors (Lipinski definition) is 5. The van der Waals surface area contributed by atoms with Gasteiger partial charge in [-0.1, -0.05) is 20.3 Å². The smallest absolute Gasteiger partial charge is 0.328 e. The Morgan fingerprint density at radius 2 is 1.95 bits per heavy atom. The normalized spacial score (nSPS) is 13.3. The molecule has 0 spiro atoms. The van der Waals surface area contributed by atoms with Gasteiger partial charge in [-0.3, -0.25) is 4.79 Å². The van der Waals surface area contributed by atoms with Crippen molar-refractivity contribution in [1.82, 2.24) is 5.32 Å². The van der Waals surface area contributed by atoms with Gasteiger partial charge in [-0.05, 0) is 30.2 Å². The average Bonchev–Trinajstić information content (AvgIpc) is 2.50. The van der Waals surface area contributed by atoms with Gasteiger partial charge in [0.2, 0.25) is 5.91 Å². The van der Waals surface area contributed by atoms with Gasteiger partial charge in [0.05, 0.1) is 12.9 Å². The number of phenolic OH excluding ortho intramolecular Hbond substituents is 1. The number of rotatable bonds is 7. The standard InChI is InChI=1S/C15H21NO4S/c1-4-10(2)14(15(19)20-3)16-13(18)9-21-12-7-5-11(17)6-8-12/h5-8,10,14,17H,4,9H2,1-3H3,(H,16,18). The Kier molecular flexibility index (Phi) is 7.08. The molecule has 0 aliphatic heterocycles. The molecule has 2 unspecified atom stereocenters. The molecule has 21 heavy (non-hydrogen) atoms.